The Bertz CT molecular complexity index is 513. The highest BCUT2D eigenvalue weighted by atomic mass is 15.1. The van der Waals surface area contributed by atoms with Gasteiger partial charge in [-0.3, -0.25) is 0 Å². The van der Waals surface area contributed by atoms with Crippen LogP contribution in [-0.2, 0) is 19.4 Å². The molecule has 3 nitrogen and oxygen atoms in total. The standard InChI is InChI=1S/C17H25N3/c1-4-14-7-9-15(10-8-14)16(18-5-2)13-17-19-11-12-20(17)6-3/h7-12,16,18H,4-6,13H2,1-3H3. The van der Waals surface area contributed by atoms with Crippen molar-refractivity contribution in [2.24, 2.45) is 0 Å². The number of hydrogen-bond donors (Lipinski definition) is 1. The van der Waals surface area contributed by atoms with E-state index in [-0.39, 0.29) is 0 Å². The first-order valence-electron chi connectivity index (χ1n) is 7.60. The number of hydrogen-bond acceptors (Lipinski definition) is 2. The number of rotatable bonds is 7. The number of benzene rings is 1. The molecule has 0 saturated heterocycles. The third-order valence-electron chi connectivity index (χ3n) is 3.77. The predicted octanol–water partition coefficient (Wildman–Crippen LogP) is 3.36. The summed E-state index contributed by atoms with van der Waals surface area (Å²) >= 11 is 0. The Morgan fingerprint density at radius 2 is 1.90 bits per heavy atom. The first kappa shape index (κ1) is 14.8. The Hall–Kier alpha value is -1.61. The topological polar surface area (TPSA) is 29.9 Å². The van der Waals surface area contributed by atoms with E-state index in [9.17, 15) is 0 Å². The fourth-order valence-corrected chi connectivity index (χ4v) is 2.54. The molecule has 2 aromatic rings. The maximum atomic E-state index is 4.49. The van der Waals surface area contributed by atoms with E-state index in [1.165, 1.54) is 11.1 Å². The number of nitrogens with one attached hydrogen (secondary N) is 1. The second-order valence-corrected chi connectivity index (χ2v) is 5.04. The molecule has 20 heavy (non-hydrogen) atoms. The highest BCUT2D eigenvalue weighted by Gasteiger charge is 2.14. The Morgan fingerprint density at radius 1 is 1.15 bits per heavy atom. The molecular formula is C17H25N3. The van der Waals surface area contributed by atoms with Crippen molar-refractivity contribution in [3.63, 3.8) is 0 Å². The zero-order valence-electron chi connectivity index (χ0n) is 12.8. The molecule has 0 saturated carbocycles. The lowest BCUT2D eigenvalue weighted by Gasteiger charge is -2.19. The first-order valence-corrected chi connectivity index (χ1v) is 7.60. The molecule has 1 aromatic carbocycles. The lowest BCUT2D eigenvalue weighted by Crippen LogP contribution is -2.24. The van der Waals surface area contributed by atoms with E-state index >= 15 is 0 Å². The Labute approximate surface area is 122 Å². The molecule has 0 radical (unpaired) electrons. The van der Waals surface area contributed by atoms with Crippen molar-refractivity contribution < 1.29 is 0 Å². The van der Waals surface area contributed by atoms with Gasteiger partial charge in [0.05, 0.1) is 0 Å². The normalized spacial score (nSPS) is 12.6. The van der Waals surface area contributed by atoms with Crippen molar-refractivity contribution in [3.8, 4) is 0 Å². The van der Waals surface area contributed by atoms with Crippen LogP contribution in [0.2, 0.25) is 0 Å². The molecule has 1 heterocycles. The summed E-state index contributed by atoms with van der Waals surface area (Å²) in [5.74, 6) is 1.15. The summed E-state index contributed by atoms with van der Waals surface area (Å²) in [5.41, 5.74) is 2.73. The molecule has 1 unspecified atom stereocenters. The number of imidazole rings is 1. The van der Waals surface area contributed by atoms with Crippen LogP contribution >= 0.6 is 0 Å². The number of aryl methyl sites for hydroxylation is 2. The molecule has 0 bridgehead atoms. The summed E-state index contributed by atoms with van der Waals surface area (Å²) in [5, 5.41) is 3.57. The summed E-state index contributed by atoms with van der Waals surface area (Å²) < 4.78 is 2.21. The predicted molar refractivity (Wildman–Crippen MR) is 83.8 cm³/mol. The van der Waals surface area contributed by atoms with Crippen molar-refractivity contribution in [3.05, 3.63) is 53.6 Å². The van der Waals surface area contributed by atoms with Crippen LogP contribution in [0.15, 0.2) is 36.7 Å². The lowest BCUT2D eigenvalue weighted by atomic mass is 10.0. The molecule has 1 N–H and O–H groups in total. The maximum absolute atomic E-state index is 4.49. The van der Waals surface area contributed by atoms with E-state index in [4.69, 9.17) is 0 Å². The van der Waals surface area contributed by atoms with Crippen molar-refractivity contribution in [2.75, 3.05) is 6.54 Å². The van der Waals surface area contributed by atoms with E-state index in [0.29, 0.717) is 6.04 Å². The SMILES string of the molecule is CCNC(Cc1nccn1CC)c1ccc(CC)cc1. The van der Waals surface area contributed by atoms with E-state index in [2.05, 4.69) is 66.1 Å². The van der Waals surface area contributed by atoms with Crippen LogP contribution in [0.5, 0.6) is 0 Å². The molecule has 1 atom stereocenters. The van der Waals surface area contributed by atoms with Crippen LogP contribution in [0, 0.1) is 0 Å². The summed E-state index contributed by atoms with van der Waals surface area (Å²) in [6.45, 7) is 8.44. The molecular weight excluding hydrogens is 246 g/mol. The van der Waals surface area contributed by atoms with Gasteiger partial charge >= 0.3 is 0 Å². The van der Waals surface area contributed by atoms with Crippen LogP contribution in [0.3, 0.4) is 0 Å². The zero-order valence-corrected chi connectivity index (χ0v) is 12.8. The molecule has 0 fully saturated rings. The average Bonchev–Trinajstić information content (AvgIpc) is 2.94. The zero-order chi connectivity index (χ0) is 14.4. The van der Waals surface area contributed by atoms with Crippen molar-refractivity contribution in [1.29, 1.82) is 0 Å². The highest BCUT2D eigenvalue weighted by Crippen LogP contribution is 2.19. The van der Waals surface area contributed by atoms with Crippen LogP contribution in [0.1, 0.15) is 43.8 Å². The van der Waals surface area contributed by atoms with Gasteiger partial charge in [0.2, 0.25) is 0 Å². The Kier molecular flexibility index (Phi) is 5.36. The van der Waals surface area contributed by atoms with E-state index in [1.54, 1.807) is 0 Å². The lowest BCUT2D eigenvalue weighted by molar-refractivity contribution is 0.522. The highest BCUT2D eigenvalue weighted by molar-refractivity contribution is 5.25. The fraction of sp³-hybridized carbons (Fsp3) is 0.471. The summed E-state index contributed by atoms with van der Waals surface area (Å²) in [4.78, 5) is 4.49. The van der Waals surface area contributed by atoms with Gasteiger partial charge in [0.25, 0.3) is 0 Å². The minimum absolute atomic E-state index is 0.332. The largest absolute Gasteiger partial charge is 0.335 e. The summed E-state index contributed by atoms with van der Waals surface area (Å²) in [6, 6.07) is 9.27. The van der Waals surface area contributed by atoms with Crippen LogP contribution in [0.25, 0.3) is 0 Å². The van der Waals surface area contributed by atoms with Gasteiger partial charge in [-0.25, -0.2) is 4.98 Å². The van der Waals surface area contributed by atoms with Crippen molar-refractivity contribution >= 4 is 0 Å². The minimum Gasteiger partial charge on any atom is -0.335 e. The van der Waals surface area contributed by atoms with Gasteiger partial charge in [-0.1, -0.05) is 38.1 Å². The number of aromatic nitrogens is 2. The average molecular weight is 271 g/mol. The molecule has 0 aliphatic rings. The molecule has 3 heteroatoms. The van der Waals surface area contributed by atoms with Gasteiger partial charge < -0.3 is 9.88 Å². The fourth-order valence-electron chi connectivity index (χ4n) is 2.54. The van der Waals surface area contributed by atoms with Gasteiger partial charge in [-0.15, -0.1) is 0 Å². The Balaban J connectivity index is 2.17. The third-order valence-corrected chi connectivity index (χ3v) is 3.77. The van der Waals surface area contributed by atoms with Crippen LogP contribution < -0.4 is 5.32 Å². The number of likely N-dealkylation sites (N-methyl/N-ethyl adjacent to an activating group) is 1. The first-order chi connectivity index (χ1) is 9.78. The smallest absolute Gasteiger partial charge is 0.110 e. The van der Waals surface area contributed by atoms with E-state index < -0.39 is 0 Å². The van der Waals surface area contributed by atoms with Crippen LogP contribution in [-0.4, -0.2) is 16.1 Å². The third kappa shape index (κ3) is 3.48. The van der Waals surface area contributed by atoms with Gasteiger partial charge in [0.1, 0.15) is 5.82 Å². The second-order valence-electron chi connectivity index (χ2n) is 5.04. The molecule has 0 aliphatic heterocycles. The van der Waals surface area contributed by atoms with Gasteiger partial charge in [0.15, 0.2) is 0 Å². The monoisotopic (exact) mass is 271 g/mol. The molecule has 2 rings (SSSR count). The second kappa shape index (κ2) is 7.25. The van der Waals surface area contributed by atoms with E-state index in [0.717, 1.165) is 31.8 Å². The molecule has 0 spiro atoms. The van der Waals surface area contributed by atoms with Crippen molar-refractivity contribution in [2.45, 2.75) is 46.2 Å². The van der Waals surface area contributed by atoms with Crippen molar-refractivity contribution in [1.82, 2.24) is 14.9 Å². The molecule has 108 valence electrons. The summed E-state index contributed by atoms with van der Waals surface area (Å²) in [6.07, 6.45) is 5.97. The van der Waals surface area contributed by atoms with Crippen LogP contribution in [0.4, 0.5) is 0 Å². The minimum atomic E-state index is 0.332. The van der Waals surface area contributed by atoms with E-state index in [1.807, 2.05) is 6.20 Å². The quantitative estimate of drug-likeness (QED) is 0.837. The molecule has 1 aromatic heterocycles. The summed E-state index contributed by atoms with van der Waals surface area (Å²) in [7, 11) is 0. The van der Waals surface area contributed by atoms with Gasteiger partial charge in [-0.05, 0) is 31.0 Å². The Morgan fingerprint density at radius 3 is 2.50 bits per heavy atom. The molecule has 0 amide bonds. The maximum Gasteiger partial charge on any atom is 0.110 e. The van der Waals surface area contributed by atoms with Gasteiger partial charge in [-0.2, -0.15) is 0 Å². The number of nitrogens with zero attached hydrogens (tertiary/aromatic N) is 2. The van der Waals surface area contributed by atoms with Gasteiger partial charge in [0, 0.05) is 31.4 Å². The molecule has 0 aliphatic carbocycles.